The first-order valence-corrected chi connectivity index (χ1v) is 4.53. The van der Waals surface area contributed by atoms with Gasteiger partial charge in [-0.2, -0.15) is 0 Å². The Balaban J connectivity index is 3.07. The van der Waals surface area contributed by atoms with Crippen LogP contribution in [0.3, 0.4) is 0 Å². The summed E-state index contributed by atoms with van der Waals surface area (Å²) in [7, 11) is 1.49. The summed E-state index contributed by atoms with van der Waals surface area (Å²) in [6.07, 6.45) is -0.0547. The van der Waals surface area contributed by atoms with Crippen molar-refractivity contribution in [2.75, 3.05) is 7.11 Å². The van der Waals surface area contributed by atoms with Gasteiger partial charge in [-0.05, 0) is 19.9 Å². The summed E-state index contributed by atoms with van der Waals surface area (Å²) in [4.78, 5) is 10.1. The molecule has 0 heterocycles. The van der Waals surface area contributed by atoms with Crippen LogP contribution >= 0.6 is 0 Å². The molecule has 15 heavy (non-hydrogen) atoms. The lowest BCUT2D eigenvalue weighted by atomic mass is 10.3. The lowest BCUT2D eigenvalue weighted by Crippen LogP contribution is -2.07. The molecule has 0 saturated carbocycles. The minimum atomic E-state index is -0.466. The molecule has 0 aliphatic heterocycles. The molecule has 0 aliphatic carbocycles. The van der Waals surface area contributed by atoms with Gasteiger partial charge in [-0.1, -0.05) is 0 Å². The quantitative estimate of drug-likeness (QED) is 0.566. The number of nitrogens with zero attached hydrogens (tertiary/aromatic N) is 1. The number of hydrogen-bond donors (Lipinski definition) is 0. The zero-order chi connectivity index (χ0) is 11.4. The van der Waals surface area contributed by atoms with Crippen molar-refractivity contribution in [1.29, 1.82) is 0 Å². The minimum absolute atomic E-state index is 0.00792. The molecule has 0 bridgehead atoms. The van der Waals surface area contributed by atoms with Gasteiger partial charge in [0.1, 0.15) is 0 Å². The average Bonchev–Trinajstić information content (AvgIpc) is 2.16. The third-order valence-electron chi connectivity index (χ3n) is 1.72. The first-order chi connectivity index (χ1) is 7.04. The first kappa shape index (κ1) is 11.3. The first-order valence-electron chi connectivity index (χ1n) is 4.53. The summed E-state index contributed by atoms with van der Waals surface area (Å²) in [5.74, 6) is 0.885. The van der Waals surface area contributed by atoms with E-state index in [0.717, 1.165) is 0 Å². The zero-order valence-corrected chi connectivity index (χ0v) is 8.89. The number of benzene rings is 1. The van der Waals surface area contributed by atoms with Crippen LogP contribution in [0.15, 0.2) is 18.2 Å². The molecule has 0 aromatic heterocycles. The monoisotopic (exact) mass is 211 g/mol. The molecule has 0 spiro atoms. The van der Waals surface area contributed by atoms with Gasteiger partial charge in [0.25, 0.3) is 5.69 Å². The van der Waals surface area contributed by atoms with Crippen molar-refractivity contribution in [3.05, 3.63) is 28.3 Å². The second-order valence-electron chi connectivity index (χ2n) is 3.26. The molecule has 0 fully saturated rings. The van der Waals surface area contributed by atoms with Gasteiger partial charge in [0.2, 0.25) is 0 Å². The fraction of sp³-hybridized carbons (Fsp3) is 0.400. The zero-order valence-electron chi connectivity index (χ0n) is 8.89. The molecule has 0 N–H and O–H groups in total. The van der Waals surface area contributed by atoms with Gasteiger partial charge in [-0.25, -0.2) is 0 Å². The van der Waals surface area contributed by atoms with Crippen LogP contribution in [0.2, 0.25) is 0 Å². The molecular formula is C10H13NO4. The summed E-state index contributed by atoms with van der Waals surface area (Å²) in [6, 6.07) is 4.26. The van der Waals surface area contributed by atoms with Gasteiger partial charge < -0.3 is 9.47 Å². The van der Waals surface area contributed by atoms with E-state index in [1.165, 1.54) is 25.3 Å². The Labute approximate surface area is 87.8 Å². The molecule has 0 unspecified atom stereocenters. The van der Waals surface area contributed by atoms with Crippen LogP contribution in [0.5, 0.6) is 11.5 Å². The average molecular weight is 211 g/mol. The van der Waals surface area contributed by atoms with E-state index in [-0.39, 0.29) is 11.8 Å². The van der Waals surface area contributed by atoms with Gasteiger partial charge in [0.15, 0.2) is 11.5 Å². The number of non-ortho nitro benzene ring substituents is 1. The van der Waals surface area contributed by atoms with Crippen molar-refractivity contribution in [2.45, 2.75) is 20.0 Å². The van der Waals surface area contributed by atoms with Crippen LogP contribution < -0.4 is 9.47 Å². The van der Waals surface area contributed by atoms with Gasteiger partial charge in [0.05, 0.1) is 24.2 Å². The van der Waals surface area contributed by atoms with E-state index in [1.54, 1.807) is 0 Å². The van der Waals surface area contributed by atoms with Gasteiger partial charge in [-0.15, -0.1) is 0 Å². The molecule has 5 nitrogen and oxygen atoms in total. The van der Waals surface area contributed by atoms with E-state index < -0.39 is 4.92 Å². The van der Waals surface area contributed by atoms with Gasteiger partial charge >= 0.3 is 0 Å². The van der Waals surface area contributed by atoms with E-state index >= 15 is 0 Å². The Bertz CT molecular complexity index is 362. The fourth-order valence-corrected chi connectivity index (χ4v) is 1.12. The lowest BCUT2D eigenvalue weighted by molar-refractivity contribution is -0.385. The highest BCUT2D eigenvalue weighted by atomic mass is 16.6. The van der Waals surface area contributed by atoms with Crippen molar-refractivity contribution in [3.8, 4) is 11.5 Å². The van der Waals surface area contributed by atoms with Gasteiger partial charge in [0, 0.05) is 6.07 Å². The summed E-state index contributed by atoms with van der Waals surface area (Å²) >= 11 is 0. The topological polar surface area (TPSA) is 61.6 Å². The van der Waals surface area contributed by atoms with Crippen LogP contribution in [0.4, 0.5) is 5.69 Å². The van der Waals surface area contributed by atoms with Crippen LogP contribution in [0, 0.1) is 10.1 Å². The maximum atomic E-state index is 10.5. The van der Waals surface area contributed by atoms with E-state index in [4.69, 9.17) is 9.47 Å². The smallest absolute Gasteiger partial charge is 0.273 e. The standard InChI is InChI=1S/C10H13NO4/c1-7(2)15-10-6-8(11(12)13)4-5-9(10)14-3/h4-7H,1-3H3. The normalized spacial score (nSPS) is 10.1. The van der Waals surface area contributed by atoms with Crippen LogP contribution in [0.1, 0.15) is 13.8 Å². The van der Waals surface area contributed by atoms with Crippen molar-refractivity contribution < 1.29 is 14.4 Å². The van der Waals surface area contributed by atoms with E-state index in [0.29, 0.717) is 11.5 Å². The third-order valence-corrected chi connectivity index (χ3v) is 1.72. The van der Waals surface area contributed by atoms with Crippen LogP contribution in [0.25, 0.3) is 0 Å². The minimum Gasteiger partial charge on any atom is -0.493 e. The number of ether oxygens (including phenoxy) is 2. The Morgan fingerprint density at radius 2 is 2.00 bits per heavy atom. The highest BCUT2D eigenvalue weighted by molar-refractivity contribution is 5.48. The highest BCUT2D eigenvalue weighted by Gasteiger charge is 2.13. The third kappa shape index (κ3) is 2.83. The predicted molar refractivity (Wildman–Crippen MR) is 55.4 cm³/mol. The second-order valence-corrected chi connectivity index (χ2v) is 3.26. The molecule has 1 aromatic carbocycles. The largest absolute Gasteiger partial charge is 0.493 e. The van der Waals surface area contributed by atoms with Crippen LogP contribution in [-0.2, 0) is 0 Å². The Kier molecular flexibility index (Phi) is 3.49. The molecule has 0 amide bonds. The maximum Gasteiger partial charge on any atom is 0.273 e. The highest BCUT2D eigenvalue weighted by Crippen LogP contribution is 2.31. The summed E-state index contributed by atoms with van der Waals surface area (Å²) in [5.41, 5.74) is -0.00792. The van der Waals surface area contributed by atoms with Crippen molar-refractivity contribution in [3.63, 3.8) is 0 Å². The molecule has 0 atom stereocenters. The molecular weight excluding hydrogens is 198 g/mol. The maximum absolute atomic E-state index is 10.5. The molecule has 1 aromatic rings. The number of methoxy groups -OCH3 is 1. The van der Waals surface area contributed by atoms with E-state index in [9.17, 15) is 10.1 Å². The Morgan fingerprint density at radius 3 is 2.47 bits per heavy atom. The number of nitro benzene ring substituents is 1. The van der Waals surface area contributed by atoms with Crippen molar-refractivity contribution in [2.24, 2.45) is 0 Å². The van der Waals surface area contributed by atoms with Crippen molar-refractivity contribution >= 4 is 5.69 Å². The number of nitro groups is 1. The van der Waals surface area contributed by atoms with E-state index in [2.05, 4.69) is 0 Å². The number of rotatable bonds is 4. The predicted octanol–water partition coefficient (Wildman–Crippen LogP) is 2.39. The number of hydrogen-bond acceptors (Lipinski definition) is 4. The molecule has 1 rings (SSSR count). The summed E-state index contributed by atoms with van der Waals surface area (Å²) in [5, 5.41) is 10.5. The Morgan fingerprint density at radius 1 is 1.33 bits per heavy atom. The Hall–Kier alpha value is -1.78. The fourth-order valence-electron chi connectivity index (χ4n) is 1.12. The lowest BCUT2D eigenvalue weighted by Gasteiger charge is -2.12. The molecule has 0 aliphatic rings. The van der Waals surface area contributed by atoms with Crippen molar-refractivity contribution in [1.82, 2.24) is 0 Å². The summed E-state index contributed by atoms with van der Waals surface area (Å²) in [6.45, 7) is 3.69. The van der Waals surface area contributed by atoms with Crippen LogP contribution in [-0.4, -0.2) is 18.1 Å². The van der Waals surface area contributed by atoms with Gasteiger partial charge in [-0.3, -0.25) is 10.1 Å². The molecule has 0 saturated heterocycles. The SMILES string of the molecule is COc1ccc([N+](=O)[O-])cc1OC(C)C. The second kappa shape index (κ2) is 4.63. The van der Waals surface area contributed by atoms with E-state index in [1.807, 2.05) is 13.8 Å². The summed E-state index contributed by atoms with van der Waals surface area (Å²) < 4.78 is 10.4. The molecule has 5 heteroatoms. The molecule has 82 valence electrons. The molecule has 0 radical (unpaired) electrons.